The van der Waals surface area contributed by atoms with Gasteiger partial charge in [-0.2, -0.15) is 0 Å². The molecule has 3 N–H and O–H groups in total. The van der Waals surface area contributed by atoms with Crippen molar-refractivity contribution < 1.29 is 4.79 Å². The number of amides is 1. The molecule has 0 atom stereocenters. The molecule has 18 heavy (non-hydrogen) atoms. The smallest absolute Gasteiger partial charge is 0.253 e. The fourth-order valence-corrected chi connectivity index (χ4v) is 1.43. The normalized spacial score (nSPS) is 10.1. The van der Waals surface area contributed by atoms with Crippen LogP contribution in [0.5, 0.6) is 0 Å². The van der Waals surface area contributed by atoms with E-state index in [1.165, 1.54) is 6.20 Å². The molecule has 0 unspecified atom stereocenters. The van der Waals surface area contributed by atoms with Crippen LogP contribution in [0.15, 0.2) is 36.7 Å². The van der Waals surface area contributed by atoms with Crippen LogP contribution < -0.4 is 11.1 Å². The molecule has 5 heteroatoms. The molecule has 0 bridgehead atoms. The number of anilines is 1. The van der Waals surface area contributed by atoms with Crippen LogP contribution in [0.4, 0.5) is 5.82 Å². The van der Waals surface area contributed by atoms with Crippen molar-refractivity contribution in [1.29, 1.82) is 0 Å². The van der Waals surface area contributed by atoms with Crippen LogP contribution >= 0.6 is 0 Å². The van der Waals surface area contributed by atoms with Crippen molar-refractivity contribution in [3.63, 3.8) is 0 Å². The average Bonchev–Trinajstić information content (AvgIpc) is 2.38. The standard InChI is InChI=1S/C13H14N4O/c1-9-2-3-10(6-15-9)7-17-13(18)11-4-5-12(14)16-8-11/h2-6,8H,7H2,1H3,(H2,14,16)(H,17,18). The van der Waals surface area contributed by atoms with Crippen molar-refractivity contribution in [2.24, 2.45) is 0 Å². The van der Waals surface area contributed by atoms with Crippen LogP contribution in [0.25, 0.3) is 0 Å². The Morgan fingerprint density at radius 2 is 2.06 bits per heavy atom. The Balaban J connectivity index is 1.96. The summed E-state index contributed by atoms with van der Waals surface area (Å²) in [6.07, 6.45) is 3.20. The summed E-state index contributed by atoms with van der Waals surface area (Å²) < 4.78 is 0. The van der Waals surface area contributed by atoms with E-state index < -0.39 is 0 Å². The van der Waals surface area contributed by atoms with Gasteiger partial charge in [0.2, 0.25) is 0 Å². The first-order valence-corrected chi connectivity index (χ1v) is 5.56. The Labute approximate surface area is 105 Å². The predicted molar refractivity (Wildman–Crippen MR) is 68.8 cm³/mol. The Kier molecular flexibility index (Phi) is 3.52. The molecule has 0 saturated carbocycles. The summed E-state index contributed by atoms with van der Waals surface area (Å²) in [7, 11) is 0. The summed E-state index contributed by atoms with van der Waals surface area (Å²) in [5.74, 6) is 0.220. The van der Waals surface area contributed by atoms with E-state index in [1.54, 1.807) is 18.3 Å². The molecule has 1 amide bonds. The van der Waals surface area contributed by atoms with Crippen LogP contribution in [-0.2, 0) is 6.54 Å². The lowest BCUT2D eigenvalue weighted by Crippen LogP contribution is -2.23. The van der Waals surface area contributed by atoms with E-state index in [4.69, 9.17) is 5.73 Å². The molecule has 0 spiro atoms. The van der Waals surface area contributed by atoms with Crippen molar-refractivity contribution in [2.45, 2.75) is 13.5 Å². The third kappa shape index (κ3) is 3.04. The van der Waals surface area contributed by atoms with Gasteiger partial charge in [0, 0.05) is 24.6 Å². The molecule has 0 fully saturated rings. The van der Waals surface area contributed by atoms with Gasteiger partial charge in [-0.05, 0) is 30.7 Å². The highest BCUT2D eigenvalue weighted by Gasteiger charge is 2.05. The molecular weight excluding hydrogens is 228 g/mol. The van der Waals surface area contributed by atoms with E-state index in [2.05, 4.69) is 15.3 Å². The van der Waals surface area contributed by atoms with Crippen LogP contribution in [-0.4, -0.2) is 15.9 Å². The monoisotopic (exact) mass is 242 g/mol. The predicted octanol–water partition coefficient (Wildman–Crippen LogP) is 1.30. The SMILES string of the molecule is Cc1ccc(CNC(=O)c2ccc(N)nc2)cn1. The number of aryl methyl sites for hydroxylation is 1. The number of rotatable bonds is 3. The van der Waals surface area contributed by atoms with Gasteiger partial charge >= 0.3 is 0 Å². The number of carbonyl (C=O) groups excluding carboxylic acids is 1. The summed E-state index contributed by atoms with van der Waals surface area (Å²) >= 11 is 0. The summed E-state index contributed by atoms with van der Waals surface area (Å²) in [6, 6.07) is 7.09. The van der Waals surface area contributed by atoms with Gasteiger partial charge in [0.15, 0.2) is 0 Å². The van der Waals surface area contributed by atoms with Gasteiger partial charge in [-0.3, -0.25) is 9.78 Å². The minimum atomic E-state index is -0.178. The zero-order valence-corrected chi connectivity index (χ0v) is 10.1. The first-order chi connectivity index (χ1) is 8.65. The van der Waals surface area contributed by atoms with E-state index in [1.807, 2.05) is 19.1 Å². The first-order valence-electron chi connectivity index (χ1n) is 5.56. The highest BCUT2D eigenvalue weighted by molar-refractivity contribution is 5.93. The number of hydrogen-bond acceptors (Lipinski definition) is 4. The summed E-state index contributed by atoms with van der Waals surface area (Å²) in [6.45, 7) is 2.36. The lowest BCUT2D eigenvalue weighted by Gasteiger charge is -2.05. The van der Waals surface area contributed by atoms with Crippen LogP contribution in [0.1, 0.15) is 21.6 Å². The summed E-state index contributed by atoms with van der Waals surface area (Å²) in [4.78, 5) is 19.8. The zero-order valence-electron chi connectivity index (χ0n) is 10.1. The maximum Gasteiger partial charge on any atom is 0.253 e. The molecule has 0 saturated heterocycles. The minimum absolute atomic E-state index is 0.178. The van der Waals surface area contributed by atoms with E-state index in [9.17, 15) is 4.79 Å². The van der Waals surface area contributed by atoms with Gasteiger partial charge < -0.3 is 11.1 Å². The maximum absolute atomic E-state index is 11.8. The van der Waals surface area contributed by atoms with E-state index >= 15 is 0 Å². The molecule has 2 aromatic heterocycles. The molecule has 2 rings (SSSR count). The topological polar surface area (TPSA) is 80.9 Å². The number of pyridine rings is 2. The summed E-state index contributed by atoms with van der Waals surface area (Å²) in [5.41, 5.74) is 7.85. The lowest BCUT2D eigenvalue weighted by molar-refractivity contribution is 0.0950. The Morgan fingerprint density at radius 1 is 1.22 bits per heavy atom. The lowest BCUT2D eigenvalue weighted by atomic mass is 10.2. The van der Waals surface area contributed by atoms with Crippen molar-refractivity contribution >= 4 is 11.7 Å². The number of nitrogens with one attached hydrogen (secondary N) is 1. The first kappa shape index (κ1) is 12.0. The summed E-state index contributed by atoms with van der Waals surface area (Å²) in [5, 5.41) is 2.79. The second kappa shape index (κ2) is 5.27. The van der Waals surface area contributed by atoms with E-state index in [0.29, 0.717) is 17.9 Å². The second-order valence-corrected chi connectivity index (χ2v) is 3.96. The van der Waals surface area contributed by atoms with Crippen molar-refractivity contribution in [2.75, 3.05) is 5.73 Å². The number of carbonyl (C=O) groups is 1. The Hall–Kier alpha value is -2.43. The molecule has 0 aromatic carbocycles. The van der Waals surface area contributed by atoms with Crippen LogP contribution in [0.3, 0.4) is 0 Å². The highest BCUT2D eigenvalue weighted by atomic mass is 16.1. The number of aromatic nitrogens is 2. The van der Waals surface area contributed by atoms with Gasteiger partial charge in [0.1, 0.15) is 5.82 Å². The zero-order chi connectivity index (χ0) is 13.0. The number of nitrogens with two attached hydrogens (primary N) is 1. The van der Waals surface area contributed by atoms with Crippen molar-refractivity contribution in [3.05, 3.63) is 53.5 Å². The molecule has 2 aromatic rings. The third-order valence-corrected chi connectivity index (χ3v) is 2.47. The molecule has 0 radical (unpaired) electrons. The molecule has 0 aliphatic heterocycles. The Morgan fingerprint density at radius 3 is 2.67 bits per heavy atom. The highest BCUT2D eigenvalue weighted by Crippen LogP contribution is 2.03. The number of nitrogens with zero attached hydrogens (tertiary/aromatic N) is 2. The number of nitrogen functional groups attached to an aromatic ring is 1. The van der Waals surface area contributed by atoms with Gasteiger partial charge in [-0.25, -0.2) is 4.98 Å². The van der Waals surface area contributed by atoms with Crippen molar-refractivity contribution in [1.82, 2.24) is 15.3 Å². The fourth-order valence-electron chi connectivity index (χ4n) is 1.43. The van der Waals surface area contributed by atoms with Gasteiger partial charge in [-0.15, -0.1) is 0 Å². The minimum Gasteiger partial charge on any atom is -0.384 e. The molecule has 0 aliphatic carbocycles. The van der Waals surface area contributed by atoms with E-state index in [0.717, 1.165) is 11.3 Å². The quantitative estimate of drug-likeness (QED) is 0.850. The van der Waals surface area contributed by atoms with Crippen LogP contribution in [0.2, 0.25) is 0 Å². The average molecular weight is 242 g/mol. The molecule has 5 nitrogen and oxygen atoms in total. The van der Waals surface area contributed by atoms with Crippen LogP contribution in [0, 0.1) is 6.92 Å². The Bertz CT molecular complexity index is 534. The second-order valence-electron chi connectivity index (χ2n) is 3.96. The molecule has 2 heterocycles. The van der Waals surface area contributed by atoms with E-state index in [-0.39, 0.29) is 5.91 Å². The molecular formula is C13H14N4O. The maximum atomic E-state index is 11.8. The van der Waals surface area contributed by atoms with Gasteiger partial charge in [-0.1, -0.05) is 6.07 Å². The third-order valence-electron chi connectivity index (χ3n) is 2.47. The fraction of sp³-hybridized carbons (Fsp3) is 0.154. The molecule has 92 valence electrons. The van der Waals surface area contributed by atoms with Gasteiger partial charge in [0.05, 0.1) is 5.56 Å². The van der Waals surface area contributed by atoms with Gasteiger partial charge in [0.25, 0.3) is 5.91 Å². The number of hydrogen-bond donors (Lipinski definition) is 2. The molecule has 0 aliphatic rings. The largest absolute Gasteiger partial charge is 0.384 e. The van der Waals surface area contributed by atoms with Crippen molar-refractivity contribution in [3.8, 4) is 0 Å².